The van der Waals surface area contributed by atoms with Crippen LogP contribution in [0.1, 0.15) is 113 Å². The Kier molecular flexibility index (Phi) is 20.0. The number of carbonyl (C=O) groups is 1. The number of unbranched alkanes of at least 4 members (excludes halogenated alkanes) is 8. The van der Waals surface area contributed by atoms with Gasteiger partial charge in [-0.15, -0.1) is 0 Å². The zero-order chi connectivity index (χ0) is 19.0. The molecule has 0 aliphatic carbocycles. The average Bonchev–Trinajstić information content (AvgIpc) is 2.44. The molecule has 0 amide bonds. The van der Waals surface area contributed by atoms with Gasteiger partial charge in [0.05, 0.1) is 0 Å². The van der Waals surface area contributed by atoms with Crippen molar-refractivity contribution in [3.8, 4) is 0 Å². The van der Waals surface area contributed by atoms with Gasteiger partial charge in [0.25, 0.3) is 0 Å². The molecule has 145 valence electrons. The first-order valence-electron chi connectivity index (χ1n) is 10.3. The molecule has 1 N–H and O–H groups in total. The fourth-order valence-electron chi connectivity index (χ4n) is 3.59. The van der Waals surface area contributed by atoms with Gasteiger partial charge in [-0.3, -0.25) is 4.79 Å². The Hall–Kier alpha value is 0.269. The summed E-state index contributed by atoms with van der Waals surface area (Å²) in [6.45, 7) is 16.7. The summed E-state index contributed by atoms with van der Waals surface area (Å²) < 4.78 is 3.09. The van der Waals surface area contributed by atoms with E-state index in [1.807, 2.05) is 0 Å². The Balaban J connectivity index is 0. The summed E-state index contributed by atoms with van der Waals surface area (Å²) in [6, 6.07) is 0. The van der Waals surface area contributed by atoms with Crippen molar-refractivity contribution in [1.29, 1.82) is 0 Å². The standard InChI is InChI=1S/C12H24O2.3C3H7.Sn/c1-2-3-4-5-6-7-8-9-10-11-12(13)14;3*1-3-2;/h2-11H2,1H3,(H,13,14);3*3H,1-2H3;. The van der Waals surface area contributed by atoms with Crippen LogP contribution in [0, 0.1) is 0 Å². The molecule has 0 saturated carbocycles. The Morgan fingerprint density at radius 3 is 1.29 bits per heavy atom. The molecule has 0 aliphatic rings. The zero-order valence-corrected chi connectivity index (χ0v) is 20.5. The van der Waals surface area contributed by atoms with Crippen LogP contribution < -0.4 is 0 Å². The van der Waals surface area contributed by atoms with E-state index >= 15 is 0 Å². The van der Waals surface area contributed by atoms with Crippen molar-refractivity contribution in [2.24, 2.45) is 0 Å². The molecule has 0 unspecified atom stereocenters. The van der Waals surface area contributed by atoms with Gasteiger partial charge in [0.2, 0.25) is 0 Å². The van der Waals surface area contributed by atoms with Gasteiger partial charge >= 0.3 is 79.1 Å². The Bertz CT molecular complexity index is 256. The van der Waals surface area contributed by atoms with Gasteiger partial charge in [-0.05, 0) is 6.42 Å². The SMILES string of the molecule is CCCCCCCCCCCC(=O)O.C[CH](C)[Sn]([CH](C)C)[CH](C)C. The zero-order valence-electron chi connectivity index (χ0n) is 17.7. The van der Waals surface area contributed by atoms with E-state index in [1.54, 1.807) is 0 Å². The topological polar surface area (TPSA) is 37.3 Å². The van der Waals surface area contributed by atoms with Crippen molar-refractivity contribution in [2.75, 3.05) is 0 Å². The van der Waals surface area contributed by atoms with Crippen molar-refractivity contribution >= 4 is 25.7 Å². The van der Waals surface area contributed by atoms with Crippen LogP contribution in [0.15, 0.2) is 0 Å². The summed E-state index contributed by atoms with van der Waals surface area (Å²) in [5, 5.41) is 8.41. The molecule has 0 aromatic heterocycles. The molecular weight excluding hydrogens is 403 g/mol. The molecule has 0 rings (SSSR count). The van der Waals surface area contributed by atoms with Crippen LogP contribution in [0.4, 0.5) is 0 Å². The average molecular weight is 448 g/mol. The van der Waals surface area contributed by atoms with Gasteiger partial charge in [-0.1, -0.05) is 58.3 Å². The normalized spacial score (nSPS) is 11.3. The predicted octanol–water partition coefficient (Wildman–Crippen LogP) is 7.70. The van der Waals surface area contributed by atoms with Gasteiger partial charge in [0, 0.05) is 6.42 Å². The third kappa shape index (κ3) is 18.6. The van der Waals surface area contributed by atoms with Gasteiger partial charge in [0.15, 0.2) is 0 Å². The molecule has 0 bridgehead atoms. The molecular formula is C21H45O2Sn. The molecule has 0 heterocycles. The predicted molar refractivity (Wildman–Crippen MR) is 111 cm³/mol. The molecule has 0 spiro atoms. The van der Waals surface area contributed by atoms with E-state index in [-0.39, 0.29) is 0 Å². The summed E-state index contributed by atoms with van der Waals surface area (Å²) in [5.74, 6) is -0.659. The first kappa shape index (κ1) is 26.5. The summed E-state index contributed by atoms with van der Waals surface area (Å²) in [7, 11) is 0. The van der Waals surface area contributed by atoms with Gasteiger partial charge in [0.1, 0.15) is 0 Å². The molecule has 0 fully saturated rings. The summed E-state index contributed by atoms with van der Waals surface area (Å²) in [4.78, 5) is 10.2. The third-order valence-electron chi connectivity index (χ3n) is 4.49. The second-order valence-corrected chi connectivity index (χ2v) is 20.7. The van der Waals surface area contributed by atoms with Crippen molar-refractivity contribution in [2.45, 2.75) is 124 Å². The van der Waals surface area contributed by atoms with E-state index in [9.17, 15) is 4.79 Å². The first-order chi connectivity index (χ1) is 11.2. The Morgan fingerprint density at radius 1 is 0.708 bits per heavy atom. The fourth-order valence-corrected chi connectivity index (χ4v) is 15.0. The van der Waals surface area contributed by atoms with Crippen LogP contribution in [-0.4, -0.2) is 30.8 Å². The summed E-state index contributed by atoms with van der Waals surface area (Å²) in [6.07, 6.45) is 11.5. The van der Waals surface area contributed by atoms with Crippen molar-refractivity contribution < 1.29 is 9.90 Å². The number of carboxylic acid groups (broad SMARTS) is 1. The van der Waals surface area contributed by atoms with Gasteiger partial charge in [-0.2, -0.15) is 0 Å². The number of carboxylic acids is 1. The van der Waals surface area contributed by atoms with E-state index < -0.39 is 25.7 Å². The van der Waals surface area contributed by atoms with Gasteiger partial charge < -0.3 is 5.11 Å². The third-order valence-corrected chi connectivity index (χ3v) is 15.9. The molecule has 3 heteroatoms. The molecule has 24 heavy (non-hydrogen) atoms. The van der Waals surface area contributed by atoms with E-state index in [0.29, 0.717) is 6.42 Å². The Morgan fingerprint density at radius 2 is 1.04 bits per heavy atom. The van der Waals surface area contributed by atoms with Gasteiger partial charge in [-0.25, -0.2) is 0 Å². The second kappa shape index (κ2) is 18.1. The van der Waals surface area contributed by atoms with E-state index in [0.717, 1.165) is 24.6 Å². The number of aliphatic carboxylic acids is 1. The van der Waals surface area contributed by atoms with Crippen LogP contribution in [0.3, 0.4) is 0 Å². The maximum absolute atomic E-state index is 10.2. The van der Waals surface area contributed by atoms with Crippen molar-refractivity contribution in [3.63, 3.8) is 0 Å². The van der Waals surface area contributed by atoms with Crippen LogP contribution >= 0.6 is 0 Å². The second-order valence-electron chi connectivity index (χ2n) is 7.94. The van der Waals surface area contributed by atoms with E-state index in [2.05, 4.69) is 48.5 Å². The number of hydrogen-bond donors (Lipinski definition) is 1. The maximum atomic E-state index is 10.2. The van der Waals surface area contributed by atoms with Crippen molar-refractivity contribution in [3.05, 3.63) is 0 Å². The first-order valence-corrected chi connectivity index (χ1v) is 15.3. The van der Waals surface area contributed by atoms with Crippen LogP contribution in [-0.2, 0) is 4.79 Å². The van der Waals surface area contributed by atoms with Crippen LogP contribution in [0.5, 0.6) is 0 Å². The molecule has 2 nitrogen and oxygen atoms in total. The quantitative estimate of drug-likeness (QED) is 0.232. The summed E-state index contributed by atoms with van der Waals surface area (Å²) >= 11 is -1.01. The Labute approximate surface area is 159 Å². The van der Waals surface area contributed by atoms with E-state index in [4.69, 9.17) is 5.11 Å². The number of rotatable bonds is 13. The van der Waals surface area contributed by atoms with E-state index in [1.165, 1.54) is 44.9 Å². The molecule has 0 saturated heterocycles. The molecule has 0 aliphatic heterocycles. The minimum atomic E-state index is -1.01. The number of hydrogen-bond acceptors (Lipinski definition) is 1. The van der Waals surface area contributed by atoms with Crippen LogP contribution in [0.25, 0.3) is 0 Å². The van der Waals surface area contributed by atoms with Crippen LogP contribution in [0.2, 0.25) is 11.8 Å². The molecule has 0 aromatic carbocycles. The fraction of sp³-hybridized carbons (Fsp3) is 0.952. The monoisotopic (exact) mass is 449 g/mol. The summed E-state index contributed by atoms with van der Waals surface area (Å²) in [5.41, 5.74) is 0. The molecule has 0 aromatic rings. The van der Waals surface area contributed by atoms with Crippen molar-refractivity contribution in [1.82, 2.24) is 0 Å². The minimum absolute atomic E-state index is 0.343. The molecule has 1 radical (unpaired) electrons. The molecule has 0 atom stereocenters.